The minimum atomic E-state index is -0.464. The summed E-state index contributed by atoms with van der Waals surface area (Å²) in [5, 5.41) is 2.70. The van der Waals surface area contributed by atoms with Crippen LogP contribution in [0.15, 0.2) is 22.7 Å². The van der Waals surface area contributed by atoms with Crippen molar-refractivity contribution in [3.05, 3.63) is 28.2 Å². The Bertz CT molecular complexity index is 435. The first-order valence-electron chi connectivity index (χ1n) is 6.63. The number of aryl methyl sites for hydroxylation is 1. The molecule has 4 nitrogen and oxygen atoms in total. The summed E-state index contributed by atoms with van der Waals surface area (Å²) in [6, 6.07) is 5.93. The zero-order valence-corrected chi connectivity index (χ0v) is 14.0. The van der Waals surface area contributed by atoms with E-state index in [1.165, 1.54) is 0 Å². The molecular weight excluding hydrogens is 322 g/mol. The number of carbonyl (C=O) groups is 1. The van der Waals surface area contributed by atoms with E-state index < -0.39 is 11.7 Å². The fourth-order valence-electron chi connectivity index (χ4n) is 1.55. The molecule has 1 N–H and O–H groups in total. The molecule has 0 saturated carbocycles. The van der Waals surface area contributed by atoms with Gasteiger partial charge in [-0.25, -0.2) is 4.79 Å². The summed E-state index contributed by atoms with van der Waals surface area (Å²) < 4.78 is 11.8. The number of halogens is 1. The van der Waals surface area contributed by atoms with Gasteiger partial charge in [-0.1, -0.05) is 15.9 Å². The maximum atomic E-state index is 11.4. The molecule has 1 amide bonds. The van der Waals surface area contributed by atoms with Gasteiger partial charge in [-0.15, -0.1) is 0 Å². The summed E-state index contributed by atoms with van der Waals surface area (Å²) in [6.07, 6.45) is 0.334. The van der Waals surface area contributed by atoms with Crippen LogP contribution in [0, 0.1) is 6.92 Å². The van der Waals surface area contributed by atoms with Crippen molar-refractivity contribution in [3.63, 3.8) is 0 Å². The number of carbonyl (C=O) groups excluding carboxylic acids is 1. The lowest BCUT2D eigenvalue weighted by Crippen LogP contribution is -2.33. The highest BCUT2D eigenvalue weighted by molar-refractivity contribution is 9.10. The highest BCUT2D eigenvalue weighted by atomic mass is 79.9. The largest absolute Gasteiger partial charge is 0.493 e. The van der Waals surface area contributed by atoms with Gasteiger partial charge in [0.15, 0.2) is 0 Å². The zero-order chi connectivity index (χ0) is 15.2. The molecule has 0 radical (unpaired) electrons. The van der Waals surface area contributed by atoms with Gasteiger partial charge >= 0.3 is 6.09 Å². The minimum Gasteiger partial charge on any atom is -0.493 e. The van der Waals surface area contributed by atoms with E-state index >= 15 is 0 Å². The molecule has 0 bridgehead atoms. The summed E-state index contributed by atoms with van der Waals surface area (Å²) >= 11 is 3.43. The van der Waals surface area contributed by atoms with E-state index in [9.17, 15) is 4.79 Å². The molecule has 0 fully saturated rings. The van der Waals surface area contributed by atoms with Gasteiger partial charge in [0, 0.05) is 11.0 Å². The van der Waals surface area contributed by atoms with Crippen molar-refractivity contribution < 1.29 is 14.3 Å². The molecule has 1 aromatic carbocycles. The Kier molecular flexibility index (Phi) is 6.33. The Labute approximate surface area is 129 Å². The standard InChI is InChI=1S/C15H22BrNO3/c1-11-8-12(16)10-13(9-11)19-7-5-6-17-14(18)20-15(2,3)4/h8-10H,5-7H2,1-4H3,(H,17,18). The molecule has 0 heterocycles. The highest BCUT2D eigenvalue weighted by Crippen LogP contribution is 2.20. The van der Waals surface area contributed by atoms with Crippen molar-refractivity contribution in [3.8, 4) is 5.75 Å². The molecule has 0 aliphatic heterocycles. The number of amides is 1. The first kappa shape index (κ1) is 16.8. The summed E-state index contributed by atoms with van der Waals surface area (Å²) in [6.45, 7) is 8.61. The Balaban J connectivity index is 2.20. The number of hydrogen-bond donors (Lipinski definition) is 1. The molecular formula is C15H22BrNO3. The third-order valence-electron chi connectivity index (χ3n) is 2.27. The van der Waals surface area contributed by atoms with Gasteiger partial charge in [0.2, 0.25) is 0 Å². The SMILES string of the molecule is Cc1cc(Br)cc(OCCCNC(=O)OC(C)(C)C)c1. The molecule has 5 heteroatoms. The fraction of sp³-hybridized carbons (Fsp3) is 0.533. The van der Waals surface area contributed by atoms with Crippen molar-refractivity contribution in [2.45, 2.75) is 39.7 Å². The van der Waals surface area contributed by atoms with E-state index in [1.807, 2.05) is 45.9 Å². The van der Waals surface area contributed by atoms with Crippen LogP contribution in [0.5, 0.6) is 5.75 Å². The first-order valence-corrected chi connectivity index (χ1v) is 7.42. The van der Waals surface area contributed by atoms with Crippen LogP contribution in [0.2, 0.25) is 0 Å². The lowest BCUT2D eigenvalue weighted by Gasteiger charge is -2.19. The fourth-order valence-corrected chi connectivity index (χ4v) is 2.14. The van der Waals surface area contributed by atoms with E-state index in [1.54, 1.807) is 0 Å². The van der Waals surface area contributed by atoms with Crippen LogP contribution in [0.4, 0.5) is 4.79 Å². The van der Waals surface area contributed by atoms with E-state index in [0.29, 0.717) is 13.2 Å². The average molecular weight is 344 g/mol. The molecule has 0 aliphatic rings. The summed E-state index contributed by atoms with van der Waals surface area (Å²) in [4.78, 5) is 11.4. The molecule has 1 aromatic rings. The number of rotatable bonds is 5. The Morgan fingerprint density at radius 2 is 2.00 bits per heavy atom. The topological polar surface area (TPSA) is 47.6 Å². The highest BCUT2D eigenvalue weighted by Gasteiger charge is 2.15. The summed E-state index contributed by atoms with van der Waals surface area (Å²) in [5.41, 5.74) is 0.676. The quantitative estimate of drug-likeness (QED) is 0.820. The van der Waals surface area contributed by atoms with Crippen LogP contribution < -0.4 is 10.1 Å². The third-order valence-corrected chi connectivity index (χ3v) is 2.73. The lowest BCUT2D eigenvalue weighted by atomic mass is 10.2. The number of hydrogen-bond acceptors (Lipinski definition) is 3. The Morgan fingerprint density at radius 3 is 2.60 bits per heavy atom. The monoisotopic (exact) mass is 343 g/mol. The molecule has 1 rings (SSSR count). The number of alkyl carbamates (subject to hydrolysis) is 1. The van der Waals surface area contributed by atoms with Gasteiger partial charge in [0.25, 0.3) is 0 Å². The van der Waals surface area contributed by atoms with Gasteiger partial charge in [0.1, 0.15) is 11.4 Å². The van der Waals surface area contributed by atoms with Crippen LogP contribution >= 0.6 is 15.9 Å². The van der Waals surface area contributed by atoms with Crippen LogP contribution in [0.25, 0.3) is 0 Å². The normalized spacial score (nSPS) is 11.1. The lowest BCUT2D eigenvalue weighted by molar-refractivity contribution is 0.0525. The maximum absolute atomic E-state index is 11.4. The molecule has 0 atom stereocenters. The van der Waals surface area contributed by atoms with Crippen LogP contribution in [0.1, 0.15) is 32.8 Å². The summed E-state index contributed by atoms with van der Waals surface area (Å²) in [5.74, 6) is 0.828. The van der Waals surface area contributed by atoms with E-state index in [2.05, 4.69) is 21.2 Å². The molecule has 112 valence electrons. The second-order valence-electron chi connectivity index (χ2n) is 5.59. The zero-order valence-electron chi connectivity index (χ0n) is 12.5. The van der Waals surface area contributed by atoms with E-state index in [4.69, 9.17) is 9.47 Å². The van der Waals surface area contributed by atoms with Gasteiger partial charge < -0.3 is 14.8 Å². The molecule has 0 aliphatic carbocycles. The van der Waals surface area contributed by atoms with Crippen LogP contribution in [0.3, 0.4) is 0 Å². The molecule has 0 aromatic heterocycles. The molecule has 0 spiro atoms. The molecule has 0 unspecified atom stereocenters. The van der Waals surface area contributed by atoms with Crippen LogP contribution in [-0.4, -0.2) is 24.8 Å². The maximum Gasteiger partial charge on any atom is 0.407 e. The van der Waals surface area contributed by atoms with Crippen molar-refractivity contribution in [1.82, 2.24) is 5.32 Å². The van der Waals surface area contributed by atoms with E-state index in [-0.39, 0.29) is 0 Å². The predicted molar refractivity (Wildman–Crippen MR) is 83.2 cm³/mol. The van der Waals surface area contributed by atoms with E-state index in [0.717, 1.165) is 22.2 Å². The number of nitrogens with one attached hydrogen (secondary N) is 1. The number of ether oxygens (including phenoxy) is 2. The van der Waals surface area contributed by atoms with Crippen molar-refractivity contribution >= 4 is 22.0 Å². The van der Waals surface area contributed by atoms with Crippen LogP contribution in [-0.2, 0) is 4.74 Å². The van der Waals surface area contributed by atoms with Crippen molar-refractivity contribution in [2.24, 2.45) is 0 Å². The Hall–Kier alpha value is -1.23. The first-order chi connectivity index (χ1) is 9.26. The smallest absolute Gasteiger partial charge is 0.407 e. The average Bonchev–Trinajstić information content (AvgIpc) is 2.24. The van der Waals surface area contributed by atoms with Gasteiger partial charge in [-0.2, -0.15) is 0 Å². The van der Waals surface area contributed by atoms with Crippen molar-refractivity contribution in [1.29, 1.82) is 0 Å². The second-order valence-corrected chi connectivity index (χ2v) is 6.51. The number of benzene rings is 1. The Morgan fingerprint density at radius 1 is 1.30 bits per heavy atom. The third kappa shape index (κ3) is 7.38. The van der Waals surface area contributed by atoms with Gasteiger partial charge in [0.05, 0.1) is 6.61 Å². The second kappa shape index (κ2) is 7.53. The predicted octanol–water partition coefficient (Wildman–Crippen LogP) is 4.05. The molecule has 20 heavy (non-hydrogen) atoms. The van der Waals surface area contributed by atoms with Gasteiger partial charge in [-0.05, 0) is 57.9 Å². The molecule has 0 saturated heterocycles. The van der Waals surface area contributed by atoms with Crippen molar-refractivity contribution in [2.75, 3.05) is 13.2 Å². The summed E-state index contributed by atoms with van der Waals surface area (Å²) in [7, 11) is 0. The van der Waals surface area contributed by atoms with Gasteiger partial charge in [-0.3, -0.25) is 0 Å². The minimum absolute atomic E-state index is 0.393.